The van der Waals surface area contributed by atoms with E-state index in [0.717, 1.165) is 25.3 Å². The standard InChI is InChI=1S/C15H17NOS/c1-2-16-15(12-7-5-9-17-12)14-10-11-6-3-4-8-13(11)18-14/h3-4,6-8,10,15-16H,2,5,9H2,1H3. The monoisotopic (exact) mass is 259 g/mol. The van der Waals surface area contributed by atoms with Crippen LogP contribution in [0.2, 0.25) is 0 Å². The van der Waals surface area contributed by atoms with E-state index in [1.807, 2.05) is 11.3 Å². The van der Waals surface area contributed by atoms with Gasteiger partial charge in [-0.15, -0.1) is 11.3 Å². The fourth-order valence-electron chi connectivity index (χ4n) is 2.33. The molecule has 1 unspecified atom stereocenters. The first-order valence-electron chi connectivity index (χ1n) is 6.43. The number of benzene rings is 1. The van der Waals surface area contributed by atoms with Crippen LogP contribution >= 0.6 is 11.3 Å². The number of fused-ring (bicyclic) bond motifs is 1. The Morgan fingerprint density at radius 3 is 3.00 bits per heavy atom. The Hall–Kier alpha value is -1.32. The van der Waals surface area contributed by atoms with Crippen molar-refractivity contribution in [3.05, 3.63) is 47.0 Å². The third-order valence-electron chi connectivity index (χ3n) is 3.15. The second-order valence-corrected chi connectivity index (χ2v) is 5.54. The summed E-state index contributed by atoms with van der Waals surface area (Å²) in [6, 6.07) is 11.0. The van der Waals surface area contributed by atoms with Crippen LogP contribution in [0.25, 0.3) is 10.1 Å². The van der Waals surface area contributed by atoms with Gasteiger partial charge in [-0.05, 0) is 30.1 Å². The molecule has 94 valence electrons. The maximum atomic E-state index is 5.72. The number of nitrogens with one attached hydrogen (secondary N) is 1. The van der Waals surface area contributed by atoms with Crippen molar-refractivity contribution in [2.24, 2.45) is 0 Å². The predicted octanol–water partition coefficient (Wildman–Crippen LogP) is 3.86. The summed E-state index contributed by atoms with van der Waals surface area (Å²) in [7, 11) is 0. The van der Waals surface area contributed by atoms with Crippen LogP contribution in [0.15, 0.2) is 42.2 Å². The molecule has 0 amide bonds. The van der Waals surface area contributed by atoms with Crippen LogP contribution in [-0.2, 0) is 4.74 Å². The Morgan fingerprint density at radius 1 is 1.39 bits per heavy atom. The van der Waals surface area contributed by atoms with Gasteiger partial charge in [0.1, 0.15) is 5.76 Å². The summed E-state index contributed by atoms with van der Waals surface area (Å²) in [5.41, 5.74) is 0. The topological polar surface area (TPSA) is 21.3 Å². The Balaban J connectivity index is 1.98. The number of hydrogen-bond donors (Lipinski definition) is 1. The Kier molecular flexibility index (Phi) is 3.35. The molecule has 0 bridgehead atoms. The van der Waals surface area contributed by atoms with Crippen molar-refractivity contribution in [2.75, 3.05) is 13.2 Å². The Morgan fingerprint density at radius 2 is 2.28 bits per heavy atom. The molecule has 0 fully saturated rings. The molecule has 1 N–H and O–H groups in total. The largest absolute Gasteiger partial charge is 0.496 e. The molecule has 1 atom stereocenters. The number of rotatable bonds is 4. The van der Waals surface area contributed by atoms with Crippen LogP contribution in [0, 0.1) is 0 Å². The zero-order chi connectivity index (χ0) is 12.4. The first-order chi connectivity index (χ1) is 8.88. The summed E-state index contributed by atoms with van der Waals surface area (Å²) in [4.78, 5) is 1.34. The van der Waals surface area contributed by atoms with Crippen LogP contribution < -0.4 is 5.32 Å². The molecule has 1 aliphatic heterocycles. The van der Waals surface area contributed by atoms with Gasteiger partial charge < -0.3 is 10.1 Å². The summed E-state index contributed by atoms with van der Waals surface area (Å²) in [6.45, 7) is 3.90. The van der Waals surface area contributed by atoms with Crippen LogP contribution in [0.5, 0.6) is 0 Å². The van der Waals surface area contributed by atoms with Gasteiger partial charge >= 0.3 is 0 Å². The van der Waals surface area contributed by atoms with Gasteiger partial charge in [0.2, 0.25) is 0 Å². The molecule has 0 spiro atoms. The molecule has 18 heavy (non-hydrogen) atoms. The maximum Gasteiger partial charge on any atom is 0.114 e. The van der Waals surface area contributed by atoms with Crippen LogP contribution in [-0.4, -0.2) is 13.2 Å². The molecule has 0 saturated carbocycles. The second-order valence-electron chi connectivity index (χ2n) is 4.42. The first-order valence-corrected chi connectivity index (χ1v) is 7.25. The van der Waals surface area contributed by atoms with Crippen LogP contribution in [0.1, 0.15) is 24.3 Å². The van der Waals surface area contributed by atoms with Crippen molar-refractivity contribution in [3.8, 4) is 0 Å². The van der Waals surface area contributed by atoms with E-state index in [2.05, 4.69) is 48.6 Å². The van der Waals surface area contributed by atoms with Crippen molar-refractivity contribution in [3.63, 3.8) is 0 Å². The quantitative estimate of drug-likeness (QED) is 0.900. The molecule has 0 radical (unpaired) electrons. The summed E-state index contributed by atoms with van der Waals surface area (Å²) in [5.74, 6) is 1.09. The molecule has 0 saturated heterocycles. The van der Waals surface area contributed by atoms with E-state index >= 15 is 0 Å². The van der Waals surface area contributed by atoms with Crippen LogP contribution in [0.4, 0.5) is 0 Å². The summed E-state index contributed by atoms with van der Waals surface area (Å²) >= 11 is 1.85. The van der Waals surface area contributed by atoms with Gasteiger partial charge in [-0.2, -0.15) is 0 Å². The molecule has 1 aromatic heterocycles. The minimum Gasteiger partial charge on any atom is -0.496 e. The Bertz CT molecular complexity index is 540. The zero-order valence-electron chi connectivity index (χ0n) is 10.5. The number of likely N-dealkylation sites (N-methyl/N-ethyl adjacent to an activating group) is 1. The zero-order valence-corrected chi connectivity index (χ0v) is 11.3. The van der Waals surface area contributed by atoms with E-state index in [4.69, 9.17) is 4.74 Å². The van der Waals surface area contributed by atoms with Crippen molar-refractivity contribution in [1.29, 1.82) is 0 Å². The van der Waals surface area contributed by atoms with Gasteiger partial charge in [0, 0.05) is 16.0 Å². The fourth-order valence-corrected chi connectivity index (χ4v) is 3.48. The summed E-state index contributed by atoms with van der Waals surface area (Å²) < 4.78 is 7.06. The number of thiophene rings is 1. The lowest BCUT2D eigenvalue weighted by molar-refractivity contribution is 0.217. The van der Waals surface area contributed by atoms with E-state index in [1.54, 1.807) is 0 Å². The average molecular weight is 259 g/mol. The molecule has 3 rings (SSSR count). The summed E-state index contributed by atoms with van der Waals surface area (Å²) in [5, 5.41) is 4.84. The SMILES string of the molecule is CCNC(C1=CCCO1)c1cc2ccccc2s1. The molecule has 2 heterocycles. The van der Waals surface area contributed by atoms with Gasteiger partial charge in [-0.25, -0.2) is 0 Å². The highest BCUT2D eigenvalue weighted by Gasteiger charge is 2.21. The van der Waals surface area contributed by atoms with Gasteiger partial charge in [0.15, 0.2) is 0 Å². The first kappa shape index (κ1) is 11.8. The lowest BCUT2D eigenvalue weighted by Crippen LogP contribution is -2.22. The highest BCUT2D eigenvalue weighted by atomic mass is 32.1. The van der Waals surface area contributed by atoms with Crippen molar-refractivity contribution < 1.29 is 4.74 Å². The van der Waals surface area contributed by atoms with E-state index in [9.17, 15) is 0 Å². The van der Waals surface area contributed by atoms with Crippen LogP contribution in [0.3, 0.4) is 0 Å². The lowest BCUT2D eigenvalue weighted by atomic mass is 10.1. The third kappa shape index (κ3) is 2.16. The fraction of sp³-hybridized carbons (Fsp3) is 0.333. The van der Waals surface area contributed by atoms with Crippen molar-refractivity contribution in [1.82, 2.24) is 5.32 Å². The second kappa shape index (κ2) is 5.12. The molecule has 0 aliphatic carbocycles. The molecular weight excluding hydrogens is 242 g/mol. The van der Waals surface area contributed by atoms with E-state index < -0.39 is 0 Å². The highest BCUT2D eigenvalue weighted by molar-refractivity contribution is 7.19. The lowest BCUT2D eigenvalue weighted by Gasteiger charge is -2.17. The third-order valence-corrected chi connectivity index (χ3v) is 4.33. The minimum atomic E-state index is 0.218. The van der Waals surface area contributed by atoms with Gasteiger partial charge in [-0.1, -0.05) is 25.1 Å². The predicted molar refractivity (Wildman–Crippen MR) is 76.9 cm³/mol. The molecule has 2 aromatic rings. The van der Waals surface area contributed by atoms with Crippen molar-refractivity contribution in [2.45, 2.75) is 19.4 Å². The normalized spacial score (nSPS) is 16.6. The molecule has 3 heteroatoms. The van der Waals surface area contributed by atoms with Gasteiger partial charge in [-0.3, -0.25) is 0 Å². The molecule has 1 aliphatic rings. The maximum absolute atomic E-state index is 5.72. The van der Waals surface area contributed by atoms with E-state index in [-0.39, 0.29) is 6.04 Å². The minimum absolute atomic E-state index is 0.218. The van der Waals surface area contributed by atoms with Gasteiger partial charge in [0.05, 0.1) is 12.6 Å². The van der Waals surface area contributed by atoms with Gasteiger partial charge in [0.25, 0.3) is 0 Å². The average Bonchev–Trinajstić information content (AvgIpc) is 3.04. The summed E-state index contributed by atoms with van der Waals surface area (Å²) in [6.07, 6.45) is 3.24. The number of hydrogen-bond acceptors (Lipinski definition) is 3. The smallest absolute Gasteiger partial charge is 0.114 e. The highest BCUT2D eigenvalue weighted by Crippen LogP contribution is 2.34. The van der Waals surface area contributed by atoms with Crippen molar-refractivity contribution >= 4 is 21.4 Å². The van der Waals surface area contributed by atoms with E-state index in [0.29, 0.717) is 0 Å². The molecular formula is C15H17NOS. The Labute approximate surface area is 111 Å². The molecule has 1 aromatic carbocycles. The molecule has 2 nitrogen and oxygen atoms in total. The van der Waals surface area contributed by atoms with E-state index in [1.165, 1.54) is 15.0 Å². The number of ether oxygens (including phenoxy) is 1.